The molecule has 3 rings (SSSR count). The summed E-state index contributed by atoms with van der Waals surface area (Å²) in [4.78, 5) is 16.2. The van der Waals surface area contributed by atoms with E-state index in [1.54, 1.807) is 23.1 Å². The average molecular weight is 321 g/mol. The lowest BCUT2D eigenvalue weighted by molar-refractivity contribution is 0.0702. The van der Waals surface area contributed by atoms with Gasteiger partial charge in [0.1, 0.15) is 11.1 Å². The van der Waals surface area contributed by atoms with Crippen molar-refractivity contribution in [2.45, 2.75) is 0 Å². The molecule has 2 N–H and O–H groups in total. The van der Waals surface area contributed by atoms with Gasteiger partial charge < -0.3 is 9.66 Å². The summed E-state index contributed by atoms with van der Waals surface area (Å²) in [5.41, 5.74) is 2.45. The lowest BCUT2D eigenvalue weighted by Gasteiger charge is -2.06. The summed E-state index contributed by atoms with van der Waals surface area (Å²) in [5, 5.41) is 8.93. The third kappa shape index (κ3) is 2.87. The quantitative estimate of drug-likeness (QED) is 0.721. The van der Waals surface area contributed by atoms with Crippen LogP contribution in [-0.4, -0.2) is 31.3 Å². The fourth-order valence-corrected chi connectivity index (χ4v) is 3.18. The van der Waals surface area contributed by atoms with Crippen molar-refractivity contribution >= 4 is 39.3 Å². The van der Waals surface area contributed by atoms with Crippen molar-refractivity contribution in [3.8, 4) is 11.3 Å². The number of benzene rings is 1. The van der Waals surface area contributed by atoms with Crippen molar-refractivity contribution in [3.05, 3.63) is 41.5 Å². The summed E-state index contributed by atoms with van der Waals surface area (Å²) in [6.45, 7) is 0. The molecule has 108 valence electrons. The fraction of sp³-hybridized carbons (Fsp3) is 0.0769. The minimum atomic E-state index is -1.10. The maximum Gasteiger partial charge on any atom is 0.347 e. The Bertz CT molecular complexity index is 761. The molecular formula is C13H11N3O3S2. The van der Waals surface area contributed by atoms with Crippen LogP contribution in [0.2, 0.25) is 0 Å². The first-order chi connectivity index (χ1) is 10.0. The lowest BCUT2D eigenvalue weighted by Crippen LogP contribution is -2.09. The van der Waals surface area contributed by atoms with Crippen molar-refractivity contribution in [3.63, 3.8) is 0 Å². The molecule has 0 bridgehead atoms. The van der Waals surface area contributed by atoms with Gasteiger partial charge in [0.25, 0.3) is 0 Å². The molecule has 8 heteroatoms. The molecule has 0 spiro atoms. The second-order valence-corrected chi connectivity index (χ2v) is 6.47. The van der Waals surface area contributed by atoms with Crippen LogP contribution in [0.25, 0.3) is 16.2 Å². The molecule has 1 atom stereocenters. The van der Waals surface area contributed by atoms with Gasteiger partial charge in [-0.05, 0) is 12.1 Å². The lowest BCUT2D eigenvalue weighted by atomic mass is 10.1. The number of carboxylic acid groups (broad SMARTS) is 1. The highest BCUT2D eigenvalue weighted by Crippen LogP contribution is 2.25. The maximum absolute atomic E-state index is 11.1. The fourth-order valence-electron chi connectivity index (χ4n) is 1.91. The van der Waals surface area contributed by atoms with Crippen molar-refractivity contribution < 1.29 is 14.5 Å². The van der Waals surface area contributed by atoms with Gasteiger partial charge in [0.15, 0.2) is 4.96 Å². The molecule has 0 saturated heterocycles. The molecule has 1 aromatic carbocycles. The standard InChI is InChI=1S/C13H11N3O3S2/c1-21(19)15-9-4-2-8(3-5-9)10-6-16-7-11(12(17)18)20-13(16)14-10/h2-7,15H,1H3,(H,17,18). The molecule has 0 aliphatic heterocycles. The number of carbonyl (C=O) groups is 1. The Kier molecular flexibility index (Phi) is 3.58. The Labute approximate surface area is 127 Å². The SMILES string of the molecule is C[S+]([O-])Nc1ccc(-c2cn3cc(C(=O)O)sc3n2)cc1. The molecule has 1 unspecified atom stereocenters. The van der Waals surface area contributed by atoms with Gasteiger partial charge in [0.2, 0.25) is 0 Å². The van der Waals surface area contributed by atoms with Gasteiger partial charge in [-0.15, -0.1) is 0 Å². The highest BCUT2D eigenvalue weighted by molar-refractivity contribution is 7.92. The van der Waals surface area contributed by atoms with Crippen LogP contribution in [0.3, 0.4) is 0 Å². The number of anilines is 1. The normalized spacial score (nSPS) is 12.5. The Morgan fingerprint density at radius 2 is 2.10 bits per heavy atom. The van der Waals surface area contributed by atoms with Gasteiger partial charge in [-0.3, -0.25) is 4.40 Å². The van der Waals surface area contributed by atoms with Crippen molar-refractivity contribution in [1.29, 1.82) is 0 Å². The monoisotopic (exact) mass is 321 g/mol. The van der Waals surface area contributed by atoms with E-state index in [2.05, 4.69) is 9.71 Å². The van der Waals surface area contributed by atoms with Crippen molar-refractivity contribution in [2.75, 3.05) is 11.0 Å². The van der Waals surface area contributed by atoms with E-state index in [0.717, 1.165) is 28.3 Å². The summed E-state index contributed by atoms with van der Waals surface area (Å²) in [5.74, 6) is -0.949. The van der Waals surface area contributed by atoms with Crippen LogP contribution in [0, 0.1) is 0 Å². The van der Waals surface area contributed by atoms with E-state index in [9.17, 15) is 9.35 Å². The minimum Gasteiger partial charge on any atom is -0.593 e. The number of hydrogen-bond donors (Lipinski definition) is 2. The van der Waals surface area contributed by atoms with Crippen molar-refractivity contribution in [2.24, 2.45) is 0 Å². The van der Waals surface area contributed by atoms with Gasteiger partial charge in [-0.1, -0.05) is 23.5 Å². The van der Waals surface area contributed by atoms with Gasteiger partial charge >= 0.3 is 5.97 Å². The molecule has 0 saturated carbocycles. The molecule has 0 amide bonds. The van der Waals surface area contributed by atoms with E-state index in [1.807, 2.05) is 24.3 Å². The minimum absolute atomic E-state index is 0.258. The number of carboxylic acids is 1. The maximum atomic E-state index is 11.1. The number of thiazole rings is 1. The number of aromatic nitrogens is 2. The summed E-state index contributed by atoms with van der Waals surface area (Å²) >= 11 is 0.0277. The Morgan fingerprint density at radius 1 is 1.38 bits per heavy atom. The average Bonchev–Trinajstić information content (AvgIpc) is 2.97. The Morgan fingerprint density at radius 3 is 2.67 bits per heavy atom. The zero-order valence-corrected chi connectivity index (χ0v) is 12.6. The molecule has 2 heterocycles. The number of nitrogens with one attached hydrogen (secondary N) is 1. The Balaban J connectivity index is 1.89. The predicted molar refractivity (Wildman–Crippen MR) is 83.2 cm³/mol. The second kappa shape index (κ2) is 5.40. The zero-order valence-electron chi connectivity index (χ0n) is 10.9. The van der Waals surface area contributed by atoms with Crippen molar-refractivity contribution in [1.82, 2.24) is 9.38 Å². The number of aromatic carboxylic acids is 1. The van der Waals surface area contributed by atoms with Crippen LogP contribution in [0.1, 0.15) is 9.67 Å². The second-order valence-electron chi connectivity index (χ2n) is 4.35. The van der Waals surface area contributed by atoms with E-state index in [-0.39, 0.29) is 4.88 Å². The van der Waals surface area contributed by atoms with Crippen LogP contribution in [0.4, 0.5) is 5.69 Å². The van der Waals surface area contributed by atoms with Crippen LogP contribution >= 0.6 is 11.3 Å². The molecule has 21 heavy (non-hydrogen) atoms. The van der Waals surface area contributed by atoms with Gasteiger partial charge in [0.05, 0.1) is 22.7 Å². The van der Waals surface area contributed by atoms with Crippen LogP contribution < -0.4 is 4.72 Å². The van der Waals surface area contributed by atoms with Crippen LogP contribution in [0.5, 0.6) is 0 Å². The first-order valence-electron chi connectivity index (χ1n) is 5.95. The van der Waals surface area contributed by atoms with Crippen LogP contribution in [0.15, 0.2) is 36.7 Å². The molecule has 0 aliphatic carbocycles. The van der Waals surface area contributed by atoms with E-state index < -0.39 is 17.3 Å². The van der Waals surface area contributed by atoms with E-state index in [0.29, 0.717) is 4.96 Å². The topological polar surface area (TPSA) is 89.7 Å². The molecule has 3 aromatic rings. The smallest absolute Gasteiger partial charge is 0.347 e. The van der Waals surface area contributed by atoms with E-state index >= 15 is 0 Å². The molecule has 0 fully saturated rings. The van der Waals surface area contributed by atoms with Gasteiger partial charge in [-0.2, -0.15) is 0 Å². The highest BCUT2D eigenvalue weighted by Gasteiger charge is 2.12. The summed E-state index contributed by atoms with van der Waals surface area (Å²) in [6.07, 6.45) is 4.91. The summed E-state index contributed by atoms with van der Waals surface area (Å²) in [6, 6.07) is 7.40. The summed E-state index contributed by atoms with van der Waals surface area (Å²) < 4.78 is 15.6. The molecule has 0 radical (unpaired) electrons. The van der Waals surface area contributed by atoms with Crippen LogP contribution in [-0.2, 0) is 11.4 Å². The number of fused-ring (bicyclic) bond motifs is 1. The molecular weight excluding hydrogens is 310 g/mol. The summed E-state index contributed by atoms with van der Waals surface area (Å²) in [7, 11) is 0. The number of imidazole rings is 1. The largest absolute Gasteiger partial charge is 0.593 e. The first-order valence-corrected chi connectivity index (χ1v) is 8.33. The number of rotatable bonds is 4. The molecule has 6 nitrogen and oxygen atoms in total. The number of hydrogen-bond acceptors (Lipinski definition) is 5. The van der Waals surface area contributed by atoms with E-state index in [4.69, 9.17) is 5.11 Å². The van der Waals surface area contributed by atoms with E-state index in [1.165, 1.54) is 0 Å². The predicted octanol–water partition coefficient (Wildman–Crippen LogP) is 2.47. The molecule has 0 aliphatic rings. The zero-order chi connectivity index (χ0) is 15.0. The first kappa shape index (κ1) is 13.9. The third-order valence-electron chi connectivity index (χ3n) is 2.81. The third-order valence-corrected chi connectivity index (χ3v) is 4.32. The Hall–Kier alpha value is -2.03. The molecule has 2 aromatic heterocycles. The van der Waals surface area contributed by atoms with Gasteiger partial charge in [0, 0.05) is 18.0 Å². The van der Waals surface area contributed by atoms with Gasteiger partial charge in [-0.25, -0.2) is 14.5 Å². The number of nitrogens with zero attached hydrogens (tertiary/aromatic N) is 2. The highest BCUT2D eigenvalue weighted by atomic mass is 32.2.